The molecule has 1 heterocycles. The number of methoxy groups -OCH3 is 1. The Morgan fingerprint density at radius 2 is 2.15 bits per heavy atom. The van der Waals surface area contributed by atoms with Gasteiger partial charge in [0.25, 0.3) is 10.0 Å². The number of benzene rings is 1. The van der Waals surface area contributed by atoms with Crippen molar-refractivity contribution < 1.29 is 13.2 Å². The number of nitrogens with one attached hydrogen (secondary N) is 1. The third-order valence-electron chi connectivity index (χ3n) is 2.49. The van der Waals surface area contributed by atoms with Crippen LogP contribution in [-0.2, 0) is 10.0 Å². The molecule has 0 amide bonds. The highest BCUT2D eigenvalue weighted by Crippen LogP contribution is 2.29. The van der Waals surface area contributed by atoms with Crippen LogP contribution in [0.15, 0.2) is 39.9 Å². The molecule has 0 unspecified atom stereocenters. The highest BCUT2D eigenvalue weighted by molar-refractivity contribution is 7.94. The zero-order chi connectivity index (χ0) is 14.8. The van der Waals surface area contributed by atoms with Gasteiger partial charge in [0.2, 0.25) is 0 Å². The van der Waals surface area contributed by atoms with Crippen molar-refractivity contribution in [3.05, 3.63) is 41.3 Å². The highest BCUT2D eigenvalue weighted by atomic mass is 32.2. The molecular formula is C12H12N2O3S3. The fourth-order valence-electron chi connectivity index (χ4n) is 1.54. The lowest BCUT2D eigenvalue weighted by Gasteiger charge is -2.12. The number of thiophene rings is 1. The monoisotopic (exact) mass is 328 g/mol. The number of hydrogen-bond donors (Lipinski definition) is 2. The SMILES string of the molecule is COc1cc(C(N)=S)ccc1NS(=O)(=O)c1cccs1. The lowest BCUT2D eigenvalue weighted by atomic mass is 10.2. The number of nitrogens with two attached hydrogens (primary N) is 1. The smallest absolute Gasteiger partial charge is 0.271 e. The van der Waals surface area contributed by atoms with Crippen LogP contribution in [0.2, 0.25) is 0 Å². The number of ether oxygens (including phenoxy) is 1. The largest absolute Gasteiger partial charge is 0.495 e. The Bertz CT molecular complexity index is 724. The summed E-state index contributed by atoms with van der Waals surface area (Å²) in [6, 6.07) is 8.00. The first kappa shape index (κ1) is 14.8. The molecule has 20 heavy (non-hydrogen) atoms. The summed E-state index contributed by atoms with van der Waals surface area (Å²) in [6.45, 7) is 0. The Labute approximate surface area is 126 Å². The van der Waals surface area contributed by atoms with E-state index >= 15 is 0 Å². The molecule has 0 atom stereocenters. The van der Waals surface area contributed by atoms with Gasteiger partial charge in [-0.1, -0.05) is 18.3 Å². The maximum absolute atomic E-state index is 12.1. The van der Waals surface area contributed by atoms with Crippen LogP contribution < -0.4 is 15.2 Å². The molecule has 3 N–H and O–H groups in total. The fraction of sp³-hybridized carbons (Fsp3) is 0.0833. The first-order chi connectivity index (χ1) is 9.44. The predicted octanol–water partition coefficient (Wildman–Crippen LogP) is 2.19. The molecule has 2 rings (SSSR count). The van der Waals surface area contributed by atoms with Crippen molar-refractivity contribution in [1.29, 1.82) is 0 Å². The fourth-order valence-corrected chi connectivity index (χ4v) is 3.73. The van der Waals surface area contributed by atoms with Gasteiger partial charge < -0.3 is 10.5 Å². The van der Waals surface area contributed by atoms with Crippen LogP contribution in [0.25, 0.3) is 0 Å². The number of rotatable bonds is 5. The van der Waals surface area contributed by atoms with E-state index < -0.39 is 10.0 Å². The number of hydrogen-bond acceptors (Lipinski definition) is 5. The molecule has 0 aliphatic carbocycles. The molecule has 0 spiro atoms. The second-order valence-corrected chi connectivity index (χ2v) is 7.11. The van der Waals surface area contributed by atoms with Crippen LogP contribution in [0.1, 0.15) is 5.56 Å². The predicted molar refractivity (Wildman–Crippen MR) is 84.0 cm³/mol. The van der Waals surface area contributed by atoms with Crippen molar-refractivity contribution in [1.82, 2.24) is 0 Å². The van der Waals surface area contributed by atoms with E-state index in [4.69, 9.17) is 22.7 Å². The van der Waals surface area contributed by atoms with Crippen molar-refractivity contribution in [2.75, 3.05) is 11.8 Å². The van der Waals surface area contributed by atoms with E-state index in [1.165, 1.54) is 13.2 Å². The van der Waals surface area contributed by atoms with Crippen LogP contribution in [0.3, 0.4) is 0 Å². The van der Waals surface area contributed by atoms with Gasteiger partial charge in [0.1, 0.15) is 14.9 Å². The van der Waals surface area contributed by atoms with E-state index in [1.54, 1.807) is 29.6 Å². The second kappa shape index (κ2) is 5.78. The van der Waals surface area contributed by atoms with Crippen LogP contribution in [0, 0.1) is 0 Å². The summed E-state index contributed by atoms with van der Waals surface area (Å²) in [5.74, 6) is 0.357. The minimum absolute atomic E-state index is 0.218. The molecule has 0 saturated carbocycles. The van der Waals surface area contributed by atoms with Crippen molar-refractivity contribution >= 4 is 44.3 Å². The lowest BCUT2D eigenvalue weighted by Crippen LogP contribution is -2.13. The van der Waals surface area contributed by atoms with Gasteiger partial charge in [-0.2, -0.15) is 0 Å². The van der Waals surface area contributed by atoms with Crippen LogP contribution in [0.4, 0.5) is 5.69 Å². The van der Waals surface area contributed by atoms with Crippen molar-refractivity contribution in [2.24, 2.45) is 5.73 Å². The van der Waals surface area contributed by atoms with Gasteiger partial charge in [-0.3, -0.25) is 4.72 Å². The third-order valence-corrected chi connectivity index (χ3v) is 5.49. The van der Waals surface area contributed by atoms with Crippen LogP contribution in [0.5, 0.6) is 5.75 Å². The summed E-state index contributed by atoms with van der Waals surface area (Å²) in [4.78, 5) is 0.218. The second-order valence-electron chi connectivity index (χ2n) is 3.82. The minimum Gasteiger partial charge on any atom is -0.495 e. The van der Waals surface area contributed by atoms with Gasteiger partial charge >= 0.3 is 0 Å². The Hall–Kier alpha value is -1.64. The number of sulfonamides is 1. The molecule has 2 aromatic rings. The molecule has 1 aromatic carbocycles. The Morgan fingerprint density at radius 1 is 1.40 bits per heavy atom. The quantitative estimate of drug-likeness (QED) is 0.822. The molecule has 0 fully saturated rings. The van der Waals surface area contributed by atoms with E-state index in [-0.39, 0.29) is 9.20 Å². The van der Waals surface area contributed by atoms with Gasteiger partial charge in [0, 0.05) is 5.56 Å². The molecule has 0 aliphatic heterocycles. The van der Waals surface area contributed by atoms with Gasteiger partial charge in [0.05, 0.1) is 12.8 Å². The molecule has 0 aliphatic rings. The first-order valence-electron chi connectivity index (χ1n) is 5.48. The van der Waals surface area contributed by atoms with E-state index in [9.17, 15) is 8.42 Å². The molecule has 106 valence electrons. The maximum Gasteiger partial charge on any atom is 0.271 e. The topological polar surface area (TPSA) is 81.4 Å². The average molecular weight is 328 g/mol. The summed E-state index contributed by atoms with van der Waals surface area (Å²) in [5.41, 5.74) is 6.47. The zero-order valence-corrected chi connectivity index (χ0v) is 12.9. The van der Waals surface area contributed by atoms with Gasteiger partial charge in [-0.15, -0.1) is 11.3 Å². The first-order valence-corrected chi connectivity index (χ1v) is 8.25. The van der Waals surface area contributed by atoms with Crippen molar-refractivity contribution in [3.63, 3.8) is 0 Å². The maximum atomic E-state index is 12.1. The van der Waals surface area contributed by atoms with E-state index in [0.717, 1.165) is 11.3 Å². The lowest BCUT2D eigenvalue weighted by molar-refractivity contribution is 0.417. The van der Waals surface area contributed by atoms with E-state index in [0.29, 0.717) is 17.0 Å². The Balaban J connectivity index is 2.37. The summed E-state index contributed by atoms with van der Waals surface area (Å²) in [6.07, 6.45) is 0. The standard InChI is InChI=1S/C12H12N2O3S3/c1-17-10-7-8(12(13)18)4-5-9(10)14-20(15,16)11-3-2-6-19-11/h2-7,14H,1H3,(H2,13,18). The molecule has 0 bridgehead atoms. The molecule has 5 nitrogen and oxygen atoms in total. The molecule has 0 radical (unpaired) electrons. The van der Waals surface area contributed by atoms with Crippen molar-refractivity contribution in [3.8, 4) is 5.75 Å². The normalized spacial score (nSPS) is 11.1. The minimum atomic E-state index is -3.61. The Kier molecular flexibility index (Phi) is 4.26. The molecule has 1 aromatic heterocycles. The van der Waals surface area contributed by atoms with E-state index in [1.807, 2.05) is 0 Å². The summed E-state index contributed by atoms with van der Waals surface area (Å²) < 4.78 is 32.2. The van der Waals surface area contributed by atoms with Crippen molar-refractivity contribution in [2.45, 2.75) is 4.21 Å². The third kappa shape index (κ3) is 3.09. The molecular weight excluding hydrogens is 316 g/mol. The van der Waals surface area contributed by atoms with E-state index in [2.05, 4.69) is 4.72 Å². The molecule has 0 saturated heterocycles. The summed E-state index contributed by atoms with van der Waals surface area (Å²) in [5, 5.41) is 1.70. The van der Waals surface area contributed by atoms with Gasteiger partial charge in [-0.25, -0.2) is 8.42 Å². The summed E-state index contributed by atoms with van der Waals surface area (Å²) >= 11 is 6.01. The molecule has 8 heteroatoms. The Morgan fingerprint density at radius 3 is 2.70 bits per heavy atom. The summed E-state index contributed by atoms with van der Waals surface area (Å²) in [7, 11) is -2.17. The van der Waals surface area contributed by atoms with Gasteiger partial charge in [0.15, 0.2) is 0 Å². The van der Waals surface area contributed by atoms with Crippen LogP contribution >= 0.6 is 23.6 Å². The zero-order valence-electron chi connectivity index (χ0n) is 10.5. The number of thiocarbonyl (C=S) groups is 1. The average Bonchev–Trinajstić information content (AvgIpc) is 2.93. The highest BCUT2D eigenvalue weighted by Gasteiger charge is 2.17. The van der Waals surface area contributed by atoms with Crippen LogP contribution in [-0.4, -0.2) is 20.5 Å². The van der Waals surface area contributed by atoms with Gasteiger partial charge in [-0.05, 0) is 29.6 Å². The number of anilines is 1.